The highest BCUT2D eigenvalue weighted by Gasteiger charge is 2.33. The lowest BCUT2D eigenvalue weighted by Crippen LogP contribution is -2.57. The number of carbonyl (C=O) groups is 2. The maximum Gasteiger partial charge on any atom is 0.246 e. The molecule has 1 aromatic rings. The predicted molar refractivity (Wildman–Crippen MR) is 68.0 cm³/mol. The second-order valence-electron chi connectivity index (χ2n) is 4.87. The first-order valence-corrected chi connectivity index (χ1v) is 6.50. The summed E-state index contributed by atoms with van der Waals surface area (Å²) in [5.41, 5.74) is 0. The van der Waals surface area contributed by atoms with Gasteiger partial charge in [0.15, 0.2) is 0 Å². The Morgan fingerprint density at radius 3 is 2.84 bits per heavy atom. The molecular formula is C12H19N5O2. The fourth-order valence-corrected chi connectivity index (χ4v) is 2.15. The number of amides is 2. The molecule has 2 heterocycles. The highest BCUT2D eigenvalue weighted by molar-refractivity contribution is 6.01. The third-order valence-corrected chi connectivity index (χ3v) is 3.21. The first-order valence-electron chi connectivity index (χ1n) is 6.50. The normalized spacial score (nSPS) is 20.4. The summed E-state index contributed by atoms with van der Waals surface area (Å²) in [7, 11) is 0. The van der Waals surface area contributed by atoms with Gasteiger partial charge < -0.3 is 0 Å². The third-order valence-electron chi connectivity index (χ3n) is 3.21. The summed E-state index contributed by atoms with van der Waals surface area (Å²) in [6, 6.07) is -0.138. The highest BCUT2D eigenvalue weighted by atomic mass is 16.2. The summed E-state index contributed by atoms with van der Waals surface area (Å²) < 4.78 is 1.73. The monoisotopic (exact) mass is 265 g/mol. The molecule has 1 N–H and O–H groups in total. The topological polar surface area (TPSA) is 80.1 Å². The minimum Gasteiger partial charge on any atom is -0.297 e. The zero-order valence-electron chi connectivity index (χ0n) is 11.5. The van der Waals surface area contributed by atoms with E-state index in [2.05, 4.69) is 15.4 Å². The molecule has 7 heteroatoms. The maximum absolute atomic E-state index is 12.2. The number of carbonyl (C=O) groups excluding carboxylic acids is 2. The Bertz CT molecular complexity index is 482. The Morgan fingerprint density at radius 2 is 2.21 bits per heavy atom. The molecule has 0 aliphatic carbocycles. The van der Waals surface area contributed by atoms with Gasteiger partial charge in [0.2, 0.25) is 11.8 Å². The molecule has 1 aliphatic rings. The molecule has 1 fully saturated rings. The molecule has 0 radical (unpaired) electrons. The van der Waals surface area contributed by atoms with Gasteiger partial charge in [0.1, 0.15) is 12.2 Å². The highest BCUT2D eigenvalue weighted by Crippen LogP contribution is 2.12. The molecule has 0 aromatic carbocycles. The molecule has 1 atom stereocenters. The van der Waals surface area contributed by atoms with Crippen molar-refractivity contribution in [2.24, 2.45) is 0 Å². The van der Waals surface area contributed by atoms with Gasteiger partial charge in [0.25, 0.3) is 0 Å². The fraction of sp³-hybridized carbons (Fsp3) is 0.667. The number of hydrogen-bond acceptors (Lipinski definition) is 5. The molecule has 1 aromatic heterocycles. The van der Waals surface area contributed by atoms with Crippen molar-refractivity contribution in [1.82, 2.24) is 25.0 Å². The van der Waals surface area contributed by atoms with Gasteiger partial charge in [0, 0.05) is 6.04 Å². The van der Waals surface area contributed by atoms with Crippen molar-refractivity contribution >= 4 is 11.8 Å². The van der Waals surface area contributed by atoms with Gasteiger partial charge in [-0.25, -0.2) is 9.67 Å². The van der Waals surface area contributed by atoms with Gasteiger partial charge in [-0.3, -0.25) is 19.8 Å². The van der Waals surface area contributed by atoms with Crippen molar-refractivity contribution in [1.29, 1.82) is 0 Å². The van der Waals surface area contributed by atoms with Crippen LogP contribution in [-0.4, -0.2) is 44.1 Å². The van der Waals surface area contributed by atoms with Crippen LogP contribution in [-0.2, 0) is 16.1 Å². The summed E-state index contributed by atoms with van der Waals surface area (Å²) in [4.78, 5) is 29.4. The summed E-state index contributed by atoms with van der Waals surface area (Å²) in [6.45, 7) is 6.26. The smallest absolute Gasteiger partial charge is 0.246 e. The Balaban J connectivity index is 2.18. The number of imide groups is 1. The van der Waals surface area contributed by atoms with Crippen LogP contribution >= 0.6 is 0 Å². The van der Waals surface area contributed by atoms with Crippen LogP contribution in [0.15, 0.2) is 6.33 Å². The van der Waals surface area contributed by atoms with Crippen molar-refractivity contribution in [2.45, 2.75) is 45.8 Å². The van der Waals surface area contributed by atoms with E-state index in [1.165, 1.54) is 11.2 Å². The lowest BCUT2D eigenvalue weighted by molar-refractivity contribution is -0.150. The second kappa shape index (κ2) is 5.48. The average Bonchev–Trinajstić information content (AvgIpc) is 2.83. The van der Waals surface area contributed by atoms with Crippen LogP contribution in [0.4, 0.5) is 0 Å². The van der Waals surface area contributed by atoms with Crippen LogP contribution in [0.5, 0.6) is 0 Å². The van der Waals surface area contributed by atoms with Crippen LogP contribution in [0.2, 0.25) is 0 Å². The third kappa shape index (κ3) is 2.65. The number of piperazine rings is 1. The van der Waals surface area contributed by atoms with Gasteiger partial charge in [-0.2, -0.15) is 5.10 Å². The molecule has 19 heavy (non-hydrogen) atoms. The molecule has 1 unspecified atom stereocenters. The lowest BCUT2D eigenvalue weighted by Gasteiger charge is -2.30. The molecule has 0 saturated carbocycles. The molecule has 0 spiro atoms. The van der Waals surface area contributed by atoms with E-state index >= 15 is 0 Å². The van der Waals surface area contributed by atoms with E-state index < -0.39 is 0 Å². The SMILES string of the molecule is CCC1NCC(=O)N(Cc2ncnn2C(C)C)C1=O. The predicted octanol–water partition coefficient (Wildman–Crippen LogP) is 0.0960. The van der Waals surface area contributed by atoms with E-state index in [0.29, 0.717) is 12.2 Å². The first-order chi connectivity index (χ1) is 9.04. The minimum atomic E-state index is -0.284. The Hall–Kier alpha value is -1.76. The van der Waals surface area contributed by atoms with Crippen molar-refractivity contribution in [3.8, 4) is 0 Å². The molecular weight excluding hydrogens is 246 g/mol. The van der Waals surface area contributed by atoms with Crippen molar-refractivity contribution < 1.29 is 9.59 Å². The van der Waals surface area contributed by atoms with E-state index in [1.807, 2.05) is 20.8 Å². The zero-order chi connectivity index (χ0) is 14.0. The molecule has 7 nitrogen and oxygen atoms in total. The number of rotatable bonds is 4. The summed E-state index contributed by atoms with van der Waals surface area (Å²) in [5, 5.41) is 7.04. The minimum absolute atomic E-state index is 0.146. The number of nitrogens with zero attached hydrogens (tertiary/aromatic N) is 4. The maximum atomic E-state index is 12.2. The van der Waals surface area contributed by atoms with Gasteiger partial charge in [0.05, 0.1) is 19.1 Å². The second-order valence-corrected chi connectivity index (χ2v) is 4.87. The standard InChI is InChI=1S/C12H19N5O2/c1-4-9-12(19)16(11(18)5-13-9)6-10-14-7-15-17(10)8(2)3/h7-9,13H,4-6H2,1-3H3. The van der Waals surface area contributed by atoms with Crippen LogP contribution in [0.25, 0.3) is 0 Å². The van der Waals surface area contributed by atoms with Crippen LogP contribution in [0.3, 0.4) is 0 Å². The first kappa shape index (κ1) is 13.7. The lowest BCUT2D eigenvalue weighted by atomic mass is 10.1. The largest absolute Gasteiger partial charge is 0.297 e. The summed E-state index contributed by atoms with van der Waals surface area (Å²) in [6.07, 6.45) is 2.11. The fourth-order valence-electron chi connectivity index (χ4n) is 2.15. The molecule has 1 aliphatic heterocycles. The van der Waals surface area contributed by atoms with E-state index in [4.69, 9.17) is 0 Å². The van der Waals surface area contributed by atoms with Gasteiger partial charge in [-0.15, -0.1) is 0 Å². The number of aromatic nitrogens is 3. The Labute approximate surface area is 112 Å². The number of hydrogen-bond donors (Lipinski definition) is 1. The Morgan fingerprint density at radius 1 is 1.47 bits per heavy atom. The van der Waals surface area contributed by atoms with E-state index in [0.717, 1.165) is 0 Å². The molecule has 104 valence electrons. The molecule has 2 amide bonds. The van der Waals surface area contributed by atoms with Crippen molar-refractivity contribution in [2.75, 3.05) is 6.54 Å². The van der Waals surface area contributed by atoms with Gasteiger partial charge in [-0.1, -0.05) is 6.92 Å². The van der Waals surface area contributed by atoms with Gasteiger partial charge >= 0.3 is 0 Å². The van der Waals surface area contributed by atoms with E-state index in [9.17, 15) is 9.59 Å². The van der Waals surface area contributed by atoms with Gasteiger partial charge in [-0.05, 0) is 20.3 Å². The average molecular weight is 265 g/mol. The molecule has 0 bridgehead atoms. The van der Waals surface area contributed by atoms with E-state index in [1.54, 1.807) is 4.68 Å². The number of nitrogens with one attached hydrogen (secondary N) is 1. The van der Waals surface area contributed by atoms with Crippen molar-refractivity contribution in [3.05, 3.63) is 12.2 Å². The Kier molecular flexibility index (Phi) is 3.94. The van der Waals surface area contributed by atoms with Crippen LogP contribution in [0.1, 0.15) is 39.1 Å². The summed E-state index contributed by atoms with van der Waals surface area (Å²) in [5.74, 6) is 0.235. The summed E-state index contributed by atoms with van der Waals surface area (Å²) >= 11 is 0. The van der Waals surface area contributed by atoms with Crippen LogP contribution in [0, 0.1) is 0 Å². The molecule has 1 saturated heterocycles. The van der Waals surface area contributed by atoms with Crippen LogP contribution < -0.4 is 5.32 Å². The molecule has 2 rings (SSSR count). The zero-order valence-corrected chi connectivity index (χ0v) is 11.5. The van der Waals surface area contributed by atoms with E-state index in [-0.39, 0.29) is 37.0 Å². The quantitative estimate of drug-likeness (QED) is 0.781. The van der Waals surface area contributed by atoms with Crippen molar-refractivity contribution in [3.63, 3.8) is 0 Å².